The van der Waals surface area contributed by atoms with Gasteiger partial charge >= 0.3 is 0 Å². The molecule has 26 heavy (non-hydrogen) atoms. The third kappa shape index (κ3) is 4.40. The van der Waals surface area contributed by atoms with Crippen molar-refractivity contribution in [2.24, 2.45) is 0 Å². The van der Waals surface area contributed by atoms with Crippen molar-refractivity contribution in [3.05, 3.63) is 71.4 Å². The van der Waals surface area contributed by atoms with Crippen molar-refractivity contribution in [3.8, 4) is 17.6 Å². The molecule has 0 bridgehead atoms. The van der Waals surface area contributed by atoms with Gasteiger partial charge in [-0.2, -0.15) is 0 Å². The van der Waals surface area contributed by atoms with Gasteiger partial charge in [0.15, 0.2) is 0 Å². The fraction of sp³-hybridized carbons (Fsp3) is 0.182. The van der Waals surface area contributed by atoms with E-state index >= 15 is 0 Å². The molecule has 0 saturated heterocycles. The number of fused-ring (bicyclic) bond motifs is 1. The van der Waals surface area contributed by atoms with Crippen LogP contribution in [0.5, 0.6) is 5.75 Å². The number of hydrogen-bond acceptors (Lipinski definition) is 3. The summed E-state index contributed by atoms with van der Waals surface area (Å²) in [7, 11) is 0. The Labute approximate surface area is 153 Å². The van der Waals surface area contributed by atoms with Crippen LogP contribution in [0.4, 0.5) is 0 Å². The maximum atomic E-state index is 12.1. The SMILES string of the molecule is Cc1ccc(C(=O)NCC#CCOc2ccc3cccnc3c2)cc1C. The highest BCUT2D eigenvalue weighted by Gasteiger charge is 2.04. The number of nitrogens with zero attached hydrogens (tertiary/aromatic N) is 1. The molecule has 2 aromatic carbocycles. The van der Waals surface area contributed by atoms with Crippen LogP contribution in [0.3, 0.4) is 0 Å². The van der Waals surface area contributed by atoms with Crippen LogP contribution in [0, 0.1) is 25.7 Å². The first-order valence-electron chi connectivity index (χ1n) is 8.42. The Balaban J connectivity index is 1.47. The van der Waals surface area contributed by atoms with Gasteiger partial charge in [0.05, 0.1) is 12.1 Å². The molecule has 0 atom stereocenters. The lowest BCUT2D eigenvalue weighted by Gasteiger charge is -2.05. The molecule has 0 spiro atoms. The van der Waals surface area contributed by atoms with Crippen molar-refractivity contribution < 1.29 is 9.53 Å². The van der Waals surface area contributed by atoms with Crippen LogP contribution in [-0.2, 0) is 0 Å². The molecular weight excluding hydrogens is 324 g/mol. The minimum atomic E-state index is -0.121. The third-order valence-corrected chi connectivity index (χ3v) is 4.12. The number of amides is 1. The zero-order valence-electron chi connectivity index (χ0n) is 14.9. The molecule has 1 heterocycles. The first-order valence-corrected chi connectivity index (χ1v) is 8.42. The molecule has 4 heteroatoms. The molecule has 0 saturated carbocycles. The van der Waals surface area contributed by atoms with Crippen LogP contribution in [0.2, 0.25) is 0 Å². The fourth-order valence-corrected chi connectivity index (χ4v) is 2.48. The fourth-order valence-electron chi connectivity index (χ4n) is 2.48. The van der Waals surface area contributed by atoms with Gasteiger partial charge in [-0.15, -0.1) is 0 Å². The summed E-state index contributed by atoms with van der Waals surface area (Å²) in [5.41, 5.74) is 3.80. The molecule has 130 valence electrons. The highest BCUT2D eigenvalue weighted by atomic mass is 16.5. The third-order valence-electron chi connectivity index (χ3n) is 4.12. The summed E-state index contributed by atoms with van der Waals surface area (Å²) in [6.45, 7) is 4.56. The predicted molar refractivity (Wildman–Crippen MR) is 103 cm³/mol. The molecule has 0 fully saturated rings. The Morgan fingerprint density at radius 1 is 1.08 bits per heavy atom. The monoisotopic (exact) mass is 344 g/mol. The van der Waals surface area contributed by atoms with Gasteiger partial charge in [-0.25, -0.2) is 0 Å². The van der Waals surface area contributed by atoms with Gasteiger partial charge in [-0.3, -0.25) is 9.78 Å². The highest BCUT2D eigenvalue weighted by molar-refractivity contribution is 5.94. The molecule has 3 aromatic rings. The molecule has 0 aliphatic rings. The average Bonchev–Trinajstić information content (AvgIpc) is 2.66. The molecule has 0 radical (unpaired) electrons. The van der Waals surface area contributed by atoms with Gasteiger partial charge in [0.1, 0.15) is 12.4 Å². The number of hydrogen-bond donors (Lipinski definition) is 1. The quantitative estimate of drug-likeness (QED) is 0.735. The van der Waals surface area contributed by atoms with E-state index in [1.165, 1.54) is 5.56 Å². The largest absolute Gasteiger partial charge is 0.481 e. The number of carbonyl (C=O) groups is 1. The standard InChI is InChI=1S/C22H20N2O2/c1-16-7-8-19(14-17(16)2)22(25)24-11-3-4-13-26-20-10-9-18-6-5-12-23-21(18)15-20/h5-10,12,14-15H,11,13H2,1-2H3,(H,24,25). The Bertz CT molecular complexity index is 1000. The molecule has 0 unspecified atom stereocenters. The molecule has 1 aromatic heterocycles. The van der Waals surface area contributed by atoms with E-state index in [0.29, 0.717) is 5.56 Å². The predicted octanol–water partition coefficient (Wildman–Crippen LogP) is 3.66. The van der Waals surface area contributed by atoms with E-state index in [9.17, 15) is 4.79 Å². The van der Waals surface area contributed by atoms with Crippen molar-refractivity contribution >= 4 is 16.8 Å². The van der Waals surface area contributed by atoms with Gasteiger partial charge < -0.3 is 10.1 Å². The van der Waals surface area contributed by atoms with Gasteiger partial charge in [0, 0.05) is 23.2 Å². The first-order chi connectivity index (χ1) is 12.6. The number of aromatic nitrogens is 1. The van der Waals surface area contributed by atoms with Crippen LogP contribution in [0.15, 0.2) is 54.7 Å². The normalized spacial score (nSPS) is 10.1. The van der Waals surface area contributed by atoms with E-state index in [1.54, 1.807) is 6.20 Å². The average molecular weight is 344 g/mol. The summed E-state index contributed by atoms with van der Waals surface area (Å²) in [5.74, 6) is 6.40. The topological polar surface area (TPSA) is 51.2 Å². The smallest absolute Gasteiger partial charge is 0.252 e. The lowest BCUT2D eigenvalue weighted by Crippen LogP contribution is -2.23. The minimum absolute atomic E-state index is 0.121. The Hall–Kier alpha value is -3.32. The lowest BCUT2D eigenvalue weighted by atomic mass is 10.1. The van der Waals surface area contributed by atoms with Crippen molar-refractivity contribution in [2.45, 2.75) is 13.8 Å². The highest BCUT2D eigenvalue weighted by Crippen LogP contribution is 2.18. The summed E-state index contributed by atoms with van der Waals surface area (Å²) < 4.78 is 5.61. The molecule has 0 aliphatic carbocycles. The van der Waals surface area contributed by atoms with E-state index < -0.39 is 0 Å². The summed E-state index contributed by atoms with van der Waals surface area (Å²) in [6, 6.07) is 15.3. The van der Waals surface area contributed by atoms with E-state index in [1.807, 2.05) is 62.4 Å². The van der Waals surface area contributed by atoms with Gasteiger partial charge in [-0.1, -0.05) is 24.0 Å². The molecule has 4 nitrogen and oxygen atoms in total. The van der Waals surface area contributed by atoms with Crippen LogP contribution >= 0.6 is 0 Å². The second-order valence-corrected chi connectivity index (χ2v) is 5.98. The lowest BCUT2D eigenvalue weighted by molar-refractivity contribution is 0.0958. The number of aryl methyl sites for hydroxylation is 2. The molecular formula is C22H20N2O2. The van der Waals surface area contributed by atoms with E-state index in [2.05, 4.69) is 22.1 Å². The maximum Gasteiger partial charge on any atom is 0.252 e. The van der Waals surface area contributed by atoms with E-state index in [-0.39, 0.29) is 19.1 Å². The Morgan fingerprint density at radius 3 is 2.81 bits per heavy atom. The number of benzene rings is 2. The number of nitrogens with one attached hydrogen (secondary N) is 1. The number of pyridine rings is 1. The van der Waals surface area contributed by atoms with Crippen LogP contribution in [-0.4, -0.2) is 24.0 Å². The summed E-state index contributed by atoms with van der Waals surface area (Å²) in [6.07, 6.45) is 1.75. The van der Waals surface area contributed by atoms with Crippen LogP contribution < -0.4 is 10.1 Å². The van der Waals surface area contributed by atoms with Gasteiger partial charge in [0.2, 0.25) is 0 Å². The number of carbonyl (C=O) groups excluding carboxylic acids is 1. The molecule has 1 amide bonds. The Morgan fingerprint density at radius 2 is 1.96 bits per heavy atom. The molecule has 3 rings (SSSR count). The van der Waals surface area contributed by atoms with Gasteiger partial charge in [0.25, 0.3) is 5.91 Å². The Kier molecular flexibility index (Phi) is 5.50. The van der Waals surface area contributed by atoms with E-state index in [4.69, 9.17) is 4.74 Å². The van der Waals surface area contributed by atoms with Gasteiger partial charge in [-0.05, 0) is 55.3 Å². The van der Waals surface area contributed by atoms with Crippen molar-refractivity contribution in [1.82, 2.24) is 10.3 Å². The second kappa shape index (κ2) is 8.17. The zero-order chi connectivity index (χ0) is 18.4. The first kappa shape index (κ1) is 17.5. The molecule has 0 aliphatic heterocycles. The molecule has 1 N–H and O–H groups in total. The maximum absolute atomic E-state index is 12.1. The van der Waals surface area contributed by atoms with Crippen molar-refractivity contribution in [1.29, 1.82) is 0 Å². The number of ether oxygens (including phenoxy) is 1. The van der Waals surface area contributed by atoms with Crippen molar-refractivity contribution in [2.75, 3.05) is 13.2 Å². The van der Waals surface area contributed by atoms with E-state index in [0.717, 1.165) is 22.2 Å². The zero-order valence-corrected chi connectivity index (χ0v) is 14.9. The van der Waals surface area contributed by atoms with Crippen molar-refractivity contribution in [3.63, 3.8) is 0 Å². The summed E-state index contributed by atoms with van der Waals surface area (Å²) in [4.78, 5) is 16.4. The minimum Gasteiger partial charge on any atom is -0.481 e. The second-order valence-electron chi connectivity index (χ2n) is 5.98. The summed E-state index contributed by atoms with van der Waals surface area (Å²) >= 11 is 0. The van der Waals surface area contributed by atoms with Crippen LogP contribution in [0.25, 0.3) is 10.9 Å². The summed E-state index contributed by atoms with van der Waals surface area (Å²) in [5, 5.41) is 3.86. The van der Waals surface area contributed by atoms with Crippen LogP contribution in [0.1, 0.15) is 21.5 Å². The number of rotatable bonds is 4.